The van der Waals surface area contributed by atoms with E-state index >= 15 is 0 Å². The van der Waals surface area contributed by atoms with Crippen LogP contribution < -0.4 is 5.32 Å². The SMILES string of the molecule is C=CCCCCCC[C@H](NC(=O)c1ccc(C(F)(F)F)cc1)C(=O)OC. The number of unbranched alkanes of at least 4 members (excludes halogenated alkanes) is 4. The van der Waals surface area contributed by atoms with Crippen LogP contribution in [-0.4, -0.2) is 25.0 Å². The van der Waals surface area contributed by atoms with Crippen molar-refractivity contribution < 1.29 is 27.5 Å². The predicted octanol–water partition coefficient (Wildman–Crippen LogP) is 4.50. The van der Waals surface area contributed by atoms with Gasteiger partial charge in [-0.2, -0.15) is 13.2 Å². The van der Waals surface area contributed by atoms with E-state index in [4.69, 9.17) is 4.74 Å². The standard InChI is InChI=1S/C19H24F3NO3/c1-3-4-5-6-7-8-9-16(18(25)26-2)23-17(24)14-10-12-15(13-11-14)19(20,21)22/h3,10-13,16H,1,4-9H2,2H3,(H,23,24)/t16-/m0/s1. The molecule has 0 unspecified atom stereocenters. The van der Waals surface area contributed by atoms with Gasteiger partial charge < -0.3 is 10.1 Å². The third-order valence-corrected chi connectivity index (χ3v) is 3.92. The van der Waals surface area contributed by atoms with E-state index in [1.807, 2.05) is 6.08 Å². The molecule has 1 N–H and O–H groups in total. The van der Waals surface area contributed by atoms with Crippen molar-refractivity contribution in [3.05, 3.63) is 48.0 Å². The highest BCUT2D eigenvalue weighted by atomic mass is 19.4. The van der Waals surface area contributed by atoms with E-state index in [1.165, 1.54) is 7.11 Å². The van der Waals surface area contributed by atoms with Crippen LogP contribution in [-0.2, 0) is 15.7 Å². The van der Waals surface area contributed by atoms with Gasteiger partial charge in [-0.15, -0.1) is 6.58 Å². The molecule has 1 atom stereocenters. The van der Waals surface area contributed by atoms with Crippen molar-refractivity contribution >= 4 is 11.9 Å². The Morgan fingerprint density at radius 3 is 2.31 bits per heavy atom. The van der Waals surface area contributed by atoms with Crippen LogP contribution >= 0.6 is 0 Å². The Morgan fingerprint density at radius 2 is 1.77 bits per heavy atom. The number of hydrogen-bond donors (Lipinski definition) is 1. The zero-order chi connectivity index (χ0) is 19.6. The number of ether oxygens (including phenoxy) is 1. The molecule has 4 nitrogen and oxygen atoms in total. The summed E-state index contributed by atoms with van der Waals surface area (Å²) in [6, 6.07) is 3.02. The van der Waals surface area contributed by atoms with Crippen molar-refractivity contribution in [2.24, 2.45) is 0 Å². The molecule has 1 aromatic rings. The summed E-state index contributed by atoms with van der Waals surface area (Å²) in [6.45, 7) is 3.65. The molecule has 0 aliphatic carbocycles. The summed E-state index contributed by atoms with van der Waals surface area (Å²) in [5.41, 5.74) is -0.782. The number of amides is 1. The summed E-state index contributed by atoms with van der Waals surface area (Å²) in [5, 5.41) is 2.53. The van der Waals surface area contributed by atoms with Crippen molar-refractivity contribution in [3.8, 4) is 0 Å². The number of carbonyl (C=O) groups is 2. The second-order valence-corrected chi connectivity index (χ2v) is 5.90. The number of alkyl halides is 3. The maximum atomic E-state index is 12.6. The fourth-order valence-corrected chi connectivity index (χ4v) is 2.43. The van der Waals surface area contributed by atoms with Crippen molar-refractivity contribution in [1.29, 1.82) is 0 Å². The highest BCUT2D eigenvalue weighted by molar-refractivity contribution is 5.96. The van der Waals surface area contributed by atoms with Crippen LogP contribution in [0.15, 0.2) is 36.9 Å². The first-order chi connectivity index (χ1) is 12.3. The Balaban J connectivity index is 2.62. The number of nitrogens with one attached hydrogen (secondary N) is 1. The zero-order valence-corrected chi connectivity index (χ0v) is 14.8. The smallest absolute Gasteiger partial charge is 0.416 e. The molecule has 1 rings (SSSR count). The van der Waals surface area contributed by atoms with Crippen LogP contribution in [0.4, 0.5) is 13.2 Å². The zero-order valence-electron chi connectivity index (χ0n) is 14.8. The van der Waals surface area contributed by atoms with Crippen LogP contribution in [0.25, 0.3) is 0 Å². The average Bonchev–Trinajstić information content (AvgIpc) is 2.62. The minimum atomic E-state index is -4.46. The molecule has 144 valence electrons. The monoisotopic (exact) mass is 371 g/mol. The quantitative estimate of drug-likeness (QED) is 0.374. The van der Waals surface area contributed by atoms with Gasteiger partial charge in [0.2, 0.25) is 0 Å². The van der Waals surface area contributed by atoms with E-state index < -0.39 is 29.7 Å². The lowest BCUT2D eigenvalue weighted by Gasteiger charge is -2.16. The second kappa shape index (κ2) is 10.6. The van der Waals surface area contributed by atoms with Crippen LogP contribution in [0.5, 0.6) is 0 Å². The Labute approximate surface area is 151 Å². The molecule has 0 saturated carbocycles. The summed E-state index contributed by atoms with van der Waals surface area (Å²) < 4.78 is 42.4. The van der Waals surface area contributed by atoms with E-state index in [-0.39, 0.29) is 5.56 Å². The number of carbonyl (C=O) groups excluding carboxylic acids is 2. The maximum absolute atomic E-state index is 12.6. The molecule has 0 aliphatic heterocycles. The minimum absolute atomic E-state index is 0.0536. The third-order valence-electron chi connectivity index (χ3n) is 3.92. The van der Waals surface area contributed by atoms with Crippen molar-refractivity contribution in [2.75, 3.05) is 7.11 Å². The molecule has 0 saturated heterocycles. The molecular formula is C19H24F3NO3. The molecule has 0 aromatic heterocycles. The first-order valence-electron chi connectivity index (χ1n) is 8.46. The van der Waals surface area contributed by atoms with E-state index in [9.17, 15) is 22.8 Å². The van der Waals surface area contributed by atoms with Gasteiger partial charge in [0, 0.05) is 5.56 Å². The van der Waals surface area contributed by atoms with Crippen LogP contribution in [0.2, 0.25) is 0 Å². The number of esters is 1. The van der Waals surface area contributed by atoms with Crippen molar-refractivity contribution in [2.45, 2.75) is 50.7 Å². The third kappa shape index (κ3) is 7.29. The van der Waals surface area contributed by atoms with Gasteiger partial charge in [-0.05, 0) is 43.5 Å². The topological polar surface area (TPSA) is 55.4 Å². The Morgan fingerprint density at radius 1 is 1.15 bits per heavy atom. The van der Waals surface area contributed by atoms with Crippen LogP contribution in [0.3, 0.4) is 0 Å². The highest BCUT2D eigenvalue weighted by Gasteiger charge is 2.30. The number of allylic oxidation sites excluding steroid dienone is 1. The molecule has 0 bridgehead atoms. The molecular weight excluding hydrogens is 347 g/mol. The number of benzene rings is 1. The lowest BCUT2D eigenvalue weighted by molar-refractivity contribution is -0.143. The summed E-state index contributed by atoms with van der Waals surface area (Å²) in [6.07, 6.45) is 2.37. The van der Waals surface area contributed by atoms with Gasteiger partial charge in [0.25, 0.3) is 5.91 Å². The minimum Gasteiger partial charge on any atom is -0.467 e. The predicted molar refractivity (Wildman–Crippen MR) is 92.6 cm³/mol. The average molecular weight is 371 g/mol. The molecule has 0 fully saturated rings. The molecule has 26 heavy (non-hydrogen) atoms. The number of rotatable bonds is 10. The molecule has 0 heterocycles. The Kier molecular flexibility index (Phi) is 8.88. The van der Waals surface area contributed by atoms with E-state index in [0.717, 1.165) is 56.4 Å². The van der Waals surface area contributed by atoms with Gasteiger partial charge in [0.05, 0.1) is 12.7 Å². The largest absolute Gasteiger partial charge is 0.467 e. The maximum Gasteiger partial charge on any atom is 0.416 e. The van der Waals surface area contributed by atoms with Crippen LogP contribution in [0, 0.1) is 0 Å². The molecule has 0 radical (unpaired) electrons. The number of hydrogen-bond acceptors (Lipinski definition) is 3. The van der Waals surface area contributed by atoms with E-state index in [0.29, 0.717) is 6.42 Å². The van der Waals surface area contributed by atoms with Gasteiger partial charge >= 0.3 is 12.1 Å². The van der Waals surface area contributed by atoms with Crippen LogP contribution in [0.1, 0.15) is 54.4 Å². The van der Waals surface area contributed by atoms with Crippen molar-refractivity contribution in [1.82, 2.24) is 5.32 Å². The molecule has 1 aromatic carbocycles. The first-order valence-corrected chi connectivity index (χ1v) is 8.46. The molecule has 0 aliphatic rings. The normalized spacial score (nSPS) is 12.3. The second-order valence-electron chi connectivity index (χ2n) is 5.90. The molecule has 7 heteroatoms. The lowest BCUT2D eigenvalue weighted by Crippen LogP contribution is -2.41. The highest BCUT2D eigenvalue weighted by Crippen LogP contribution is 2.29. The first kappa shape index (κ1) is 21.7. The Hall–Kier alpha value is -2.31. The fraction of sp³-hybridized carbons (Fsp3) is 0.474. The van der Waals surface area contributed by atoms with Gasteiger partial charge in [0.1, 0.15) is 6.04 Å². The molecule has 1 amide bonds. The van der Waals surface area contributed by atoms with Gasteiger partial charge in [-0.1, -0.05) is 25.3 Å². The molecule has 0 spiro atoms. The van der Waals surface area contributed by atoms with E-state index in [1.54, 1.807) is 0 Å². The summed E-state index contributed by atoms with van der Waals surface area (Å²) in [5.74, 6) is -1.18. The number of halogens is 3. The van der Waals surface area contributed by atoms with Crippen molar-refractivity contribution in [3.63, 3.8) is 0 Å². The fourth-order valence-electron chi connectivity index (χ4n) is 2.43. The van der Waals surface area contributed by atoms with Gasteiger partial charge in [-0.3, -0.25) is 4.79 Å². The Bertz CT molecular complexity index is 597. The summed E-state index contributed by atoms with van der Waals surface area (Å²) >= 11 is 0. The van der Waals surface area contributed by atoms with E-state index in [2.05, 4.69) is 11.9 Å². The lowest BCUT2D eigenvalue weighted by atomic mass is 10.1. The summed E-state index contributed by atoms with van der Waals surface area (Å²) in [4.78, 5) is 24.0. The van der Waals surface area contributed by atoms with Gasteiger partial charge in [0.15, 0.2) is 0 Å². The summed E-state index contributed by atoms with van der Waals surface area (Å²) in [7, 11) is 1.23. The van der Waals surface area contributed by atoms with Gasteiger partial charge in [-0.25, -0.2) is 4.79 Å². The number of methoxy groups -OCH3 is 1.